The van der Waals surface area contributed by atoms with Gasteiger partial charge in [0.2, 0.25) is 0 Å². The Kier molecular flexibility index (Phi) is 4.58. The van der Waals surface area contributed by atoms with E-state index < -0.39 is 0 Å². The molecular formula is C11H15N3O. The van der Waals surface area contributed by atoms with Gasteiger partial charge in [-0.2, -0.15) is 5.26 Å². The zero-order valence-electron chi connectivity index (χ0n) is 8.77. The number of nitriles is 1. The van der Waals surface area contributed by atoms with Crippen molar-refractivity contribution in [3.8, 4) is 6.07 Å². The molecular weight excluding hydrogens is 190 g/mol. The average molecular weight is 205 g/mol. The van der Waals surface area contributed by atoms with Crippen molar-refractivity contribution in [2.45, 2.75) is 25.8 Å². The highest BCUT2D eigenvalue weighted by molar-refractivity contribution is 5.51. The van der Waals surface area contributed by atoms with Crippen molar-refractivity contribution in [3.63, 3.8) is 0 Å². The number of hydrogen-bond acceptors (Lipinski definition) is 4. The van der Waals surface area contributed by atoms with Crippen LogP contribution in [0.4, 0.5) is 5.82 Å². The second-order valence-corrected chi connectivity index (χ2v) is 3.42. The number of aliphatic hydroxyl groups excluding tert-OH is 1. The standard InChI is InChI=1S/C11H15N3O/c1-9(4-3-7-15)14-11-10(8-12)5-2-6-13-11/h2,5-6,9,15H,3-4,7H2,1H3,(H,13,14). The van der Waals surface area contributed by atoms with Gasteiger partial charge in [0.15, 0.2) is 0 Å². The fourth-order valence-corrected chi connectivity index (χ4v) is 1.31. The molecule has 15 heavy (non-hydrogen) atoms. The zero-order chi connectivity index (χ0) is 11.1. The molecule has 0 aliphatic carbocycles. The van der Waals surface area contributed by atoms with Gasteiger partial charge in [-0.1, -0.05) is 0 Å². The van der Waals surface area contributed by atoms with Crippen LogP contribution in [0.1, 0.15) is 25.3 Å². The summed E-state index contributed by atoms with van der Waals surface area (Å²) < 4.78 is 0. The quantitative estimate of drug-likeness (QED) is 0.764. The summed E-state index contributed by atoms with van der Waals surface area (Å²) in [5.41, 5.74) is 0.549. The fourth-order valence-electron chi connectivity index (χ4n) is 1.31. The summed E-state index contributed by atoms with van der Waals surface area (Å²) in [5.74, 6) is 0.616. The van der Waals surface area contributed by atoms with Gasteiger partial charge in [0, 0.05) is 18.8 Å². The predicted octanol–water partition coefficient (Wildman–Crippen LogP) is 1.53. The van der Waals surface area contributed by atoms with Gasteiger partial charge in [0.1, 0.15) is 11.9 Å². The maximum absolute atomic E-state index is 8.84. The minimum absolute atomic E-state index is 0.194. The van der Waals surface area contributed by atoms with E-state index in [2.05, 4.69) is 16.4 Å². The van der Waals surface area contributed by atoms with Crippen molar-refractivity contribution in [2.24, 2.45) is 0 Å². The first-order valence-corrected chi connectivity index (χ1v) is 5.00. The molecule has 0 bridgehead atoms. The summed E-state index contributed by atoms with van der Waals surface area (Å²) in [7, 11) is 0. The van der Waals surface area contributed by atoms with Crippen LogP contribution in [-0.4, -0.2) is 22.7 Å². The van der Waals surface area contributed by atoms with Crippen LogP contribution in [0.5, 0.6) is 0 Å². The number of aromatic nitrogens is 1. The third-order valence-corrected chi connectivity index (χ3v) is 2.11. The largest absolute Gasteiger partial charge is 0.396 e. The van der Waals surface area contributed by atoms with Crippen LogP contribution < -0.4 is 5.32 Å². The summed E-state index contributed by atoms with van der Waals surface area (Å²) in [6.07, 6.45) is 3.27. The molecule has 1 rings (SSSR count). The van der Waals surface area contributed by atoms with Gasteiger partial charge < -0.3 is 10.4 Å². The summed E-state index contributed by atoms with van der Waals surface area (Å²) in [6, 6.07) is 5.76. The Morgan fingerprint density at radius 3 is 3.13 bits per heavy atom. The molecule has 0 aromatic carbocycles. The smallest absolute Gasteiger partial charge is 0.144 e. The van der Waals surface area contributed by atoms with E-state index in [-0.39, 0.29) is 12.6 Å². The van der Waals surface area contributed by atoms with Gasteiger partial charge in [-0.3, -0.25) is 0 Å². The number of rotatable bonds is 5. The monoisotopic (exact) mass is 205 g/mol. The summed E-state index contributed by atoms with van der Waals surface area (Å²) in [4.78, 5) is 4.10. The lowest BCUT2D eigenvalue weighted by Crippen LogP contribution is -2.17. The topological polar surface area (TPSA) is 68.9 Å². The van der Waals surface area contributed by atoms with E-state index in [1.54, 1.807) is 18.3 Å². The van der Waals surface area contributed by atoms with Crippen LogP contribution in [0.2, 0.25) is 0 Å². The lowest BCUT2D eigenvalue weighted by molar-refractivity contribution is 0.282. The highest BCUT2D eigenvalue weighted by Gasteiger charge is 2.06. The van der Waals surface area contributed by atoms with Gasteiger partial charge >= 0.3 is 0 Å². The Morgan fingerprint density at radius 1 is 1.67 bits per heavy atom. The Hall–Kier alpha value is -1.60. The number of aliphatic hydroxyl groups is 1. The molecule has 1 atom stereocenters. The molecule has 1 unspecified atom stereocenters. The third kappa shape index (κ3) is 3.56. The minimum Gasteiger partial charge on any atom is -0.396 e. The van der Waals surface area contributed by atoms with Crippen LogP contribution in [0.3, 0.4) is 0 Å². The van der Waals surface area contributed by atoms with Crippen LogP contribution in [0, 0.1) is 11.3 Å². The minimum atomic E-state index is 0.194. The van der Waals surface area contributed by atoms with Crippen LogP contribution >= 0.6 is 0 Å². The van der Waals surface area contributed by atoms with E-state index in [4.69, 9.17) is 10.4 Å². The van der Waals surface area contributed by atoms with Crippen molar-refractivity contribution in [2.75, 3.05) is 11.9 Å². The van der Waals surface area contributed by atoms with E-state index >= 15 is 0 Å². The Morgan fingerprint density at radius 2 is 2.47 bits per heavy atom. The molecule has 0 spiro atoms. The Labute approximate surface area is 89.6 Å². The Balaban J connectivity index is 2.60. The molecule has 0 saturated heterocycles. The molecule has 0 fully saturated rings. The summed E-state index contributed by atoms with van der Waals surface area (Å²) in [5, 5.41) is 20.7. The molecule has 4 nitrogen and oxygen atoms in total. The first-order chi connectivity index (χ1) is 7.27. The molecule has 4 heteroatoms. The number of nitrogens with zero attached hydrogens (tertiary/aromatic N) is 2. The van der Waals surface area contributed by atoms with Gasteiger partial charge in [-0.05, 0) is 31.9 Å². The van der Waals surface area contributed by atoms with Crippen LogP contribution in [0.15, 0.2) is 18.3 Å². The maximum atomic E-state index is 8.84. The first-order valence-electron chi connectivity index (χ1n) is 5.00. The molecule has 1 heterocycles. The van der Waals surface area contributed by atoms with E-state index in [9.17, 15) is 0 Å². The lowest BCUT2D eigenvalue weighted by Gasteiger charge is -2.14. The Bertz CT molecular complexity index is 346. The molecule has 0 saturated carbocycles. The van der Waals surface area contributed by atoms with E-state index in [1.165, 1.54) is 0 Å². The molecule has 2 N–H and O–H groups in total. The SMILES string of the molecule is CC(CCCO)Nc1ncccc1C#N. The van der Waals surface area contributed by atoms with Crippen molar-refractivity contribution < 1.29 is 5.11 Å². The van der Waals surface area contributed by atoms with Crippen LogP contribution in [-0.2, 0) is 0 Å². The van der Waals surface area contributed by atoms with E-state index in [0.717, 1.165) is 12.8 Å². The van der Waals surface area contributed by atoms with Crippen molar-refractivity contribution in [1.29, 1.82) is 5.26 Å². The number of anilines is 1. The molecule has 0 aliphatic heterocycles. The highest BCUT2D eigenvalue weighted by atomic mass is 16.2. The molecule has 1 aromatic rings. The van der Waals surface area contributed by atoms with Gasteiger partial charge in [-0.15, -0.1) is 0 Å². The predicted molar refractivity (Wildman–Crippen MR) is 58.4 cm³/mol. The van der Waals surface area contributed by atoms with E-state index in [1.807, 2.05) is 6.92 Å². The second kappa shape index (κ2) is 5.99. The van der Waals surface area contributed by atoms with Crippen molar-refractivity contribution in [3.05, 3.63) is 23.9 Å². The van der Waals surface area contributed by atoms with Gasteiger partial charge in [0.05, 0.1) is 5.56 Å². The molecule has 1 aromatic heterocycles. The third-order valence-electron chi connectivity index (χ3n) is 2.11. The highest BCUT2D eigenvalue weighted by Crippen LogP contribution is 2.12. The number of pyridine rings is 1. The summed E-state index contributed by atoms with van der Waals surface area (Å²) >= 11 is 0. The fraction of sp³-hybridized carbons (Fsp3) is 0.455. The van der Waals surface area contributed by atoms with Crippen molar-refractivity contribution >= 4 is 5.82 Å². The normalized spacial score (nSPS) is 11.8. The van der Waals surface area contributed by atoms with Crippen molar-refractivity contribution in [1.82, 2.24) is 4.98 Å². The van der Waals surface area contributed by atoms with Gasteiger partial charge in [-0.25, -0.2) is 4.98 Å². The maximum Gasteiger partial charge on any atom is 0.144 e. The number of hydrogen-bond donors (Lipinski definition) is 2. The molecule has 0 radical (unpaired) electrons. The van der Waals surface area contributed by atoms with Gasteiger partial charge in [0.25, 0.3) is 0 Å². The molecule has 0 amide bonds. The number of nitrogens with one attached hydrogen (secondary N) is 1. The molecule has 80 valence electrons. The van der Waals surface area contributed by atoms with Crippen LogP contribution in [0.25, 0.3) is 0 Å². The average Bonchev–Trinajstić information content (AvgIpc) is 2.27. The lowest BCUT2D eigenvalue weighted by atomic mass is 10.2. The second-order valence-electron chi connectivity index (χ2n) is 3.42. The first kappa shape index (κ1) is 11.5. The van der Waals surface area contributed by atoms with E-state index in [0.29, 0.717) is 11.4 Å². The summed E-state index contributed by atoms with van der Waals surface area (Å²) in [6.45, 7) is 2.20. The zero-order valence-corrected chi connectivity index (χ0v) is 8.77. The molecule has 0 aliphatic rings.